The Labute approximate surface area is 100 Å². The molecule has 1 heterocycles. The summed E-state index contributed by atoms with van der Waals surface area (Å²) in [5.74, 6) is -2.66. The summed E-state index contributed by atoms with van der Waals surface area (Å²) in [6.07, 6.45) is 0. The number of benzene rings is 1. The fourth-order valence-electron chi connectivity index (χ4n) is 1.58. The van der Waals surface area contributed by atoms with Crippen LogP contribution in [0.15, 0.2) is 23.6 Å². The van der Waals surface area contributed by atoms with Crippen molar-refractivity contribution in [2.45, 2.75) is 6.92 Å². The van der Waals surface area contributed by atoms with Crippen LogP contribution in [0.1, 0.15) is 15.2 Å². The lowest BCUT2D eigenvalue weighted by Crippen LogP contribution is -1.99. The maximum atomic E-state index is 13.8. The van der Waals surface area contributed by atoms with Crippen LogP contribution in [0.25, 0.3) is 11.1 Å². The van der Waals surface area contributed by atoms with E-state index in [0.29, 0.717) is 0 Å². The standard InChI is InChI=1S/C12H8F2O2S/c1-6-2-3-8(13)9(10(6)14)7-4-5-17-11(7)12(15)16/h2-5H,1H3,(H,15,16). The molecule has 0 atom stereocenters. The van der Waals surface area contributed by atoms with E-state index < -0.39 is 17.6 Å². The SMILES string of the molecule is Cc1ccc(F)c(-c2ccsc2C(=O)O)c1F. The smallest absolute Gasteiger partial charge is 0.346 e. The van der Waals surface area contributed by atoms with E-state index in [4.69, 9.17) is 5.11 Å². The summed E-state index contributed by atoms with van der Waals surface area (Å²) in [5.41, 5.74) is 0.0915. The van der Waals surface area contributed by atoms with Gasteiger partial charge in [0.15, 0.2) is 0 Å². The Morgan fingerprint density at radius 1 is 1.29 bits per heavy atom. The highest BCUT2D eigenvalue weighted by Gasteiger charge is 2.20. The Balaban J connectivity index is 2.72. The minimum absolute atomic E-state index is 0.0617. The molecule has 0 saturated heterocycles. The third-order valence-corrected chi connectivity index (χ3v) is 3.32. The Bertz CT molecular complexity index is 590. The lowest BCUT2D eigenvalue weighted by molar-refractivity contribution is 0.0703. The number of thiophene rings is 1. The fourth-order valence-corrected chi connectivity index (χ4v) is 2.31. The second-order valence-corrected chi connectivity index (χ2v) is 4.44. The molecule has 2 aromatic rings. The first-order valence-electron chi connectivity index (χ1n) is 4.78. The summed E-state index contributed by atoms with van der Waals surface area (Å²) in [6, 6.07) is 3.87. The lowest BCUT2D eigenvalue weighted by Gasteiger charge is -2.06. The highest BCUT2D eigenvalue weighted by Crippen LogP contribution is 2.33. The maximum absolute atomic E-state index is 13.8. The van der Waals surface area contributed by atoms with Crippen LogP contribution in [-0.2, 0) is 0 Å². The number of carboxylic acids is 1. The average Bonchev–Trinajstić information content (AvgIpc) is 2.73. The summed E-state index contributed by atoms with van der Waals surface area (Å²) < 4.78 is 27.4. The molecule has 1 N–H and O–H groups in total. The van der Waals surface area contributed by atoms with Gasteiger partial charge in [-0.05, 0) is 30.0 Å². The lowest BCUT2D eigenvalue weighted by atomic mass is 10.0. The molecule has 5 heteroatoms. The van der Waals surface area contributed by atoms with Crippen LogP contribution < -0.4 is 0 Å². The van der Waals surface area contributed by atoms with Gasteiger partial charge < -0.3 is 5.11 Å². The van der Waals surface area contributed by atoms with Crippen LogP contribution in [0.5, 0.6) is 0 Å². The van der Waals surface area contributed by atoms with Gasteiger partial charge in [-0.15, -0.1) is 11.3 Å². The van der Waals surface area contributed by atoms with Gasteiger partial charge in [0.2, 0.25) is 0 Å². The summed E-state index contributed by atoms with van der Waals surface area (Å²) in [4.78, 5) is 10.9. The van der Waals surface area contributed by atoms with Gasteiger partial charge >= 0.3 is 5.97 Å². The van der Waals surface area contributed by atoms with Crippen LogP contribution in [0.4, 0.5) is 8.78 Å². The van der Waals surface area contributed by atoms with Crippen molar-refractivity contribution in [3.63, 3.8) is 0 Å². The highest BCUT2D eigenvalue weighted by atomic mass is 32.1. The molecule has 17 heavy (non-hydrogen) atoms. The van der Waals surface area contributed by atoms with E-state index in [1.165, 1.54) is 24.4 Å². The molecule has 2 rings (SSSR count). The first kappa shape index (κ1) is 11.7. The monoisotopic (exact) mass is 254 g/mol. The van der Waals surface area contributed by atoms with E-state index in [1.54, 1.807) is 0 Å². The number of halogens is 2. The van der Waals surface area contributed by atoms with Gasteiger partial charge in [0.05, 0.1) is 5.56 Å². The number of hydrogen-bond acceptors (Lipinski definition) is 2. The molecule has 2 nitrogen and oxygen atoms in total. The zero-order chi connectivity index (χ0) is 12.6. The molecular formula is C12H8F2O2S. The number of carboxylic acid groups (broad SMARTS) is 1. The molecule has 0 aliphatic heterocycles. The quantitative estimate of drug-likeness (QED) is 0.887. The van der Waals surface area contributed by atoms with E-state index in [0.717, 1.165) is 17.4 Å². The van der Waals surface area contributed by atoms with Crippen LogP contribution >= 0.6 is 11.3 Å². The van der Waals surface area contributed by atoms with Gasteiger partial charge in [0.1, 0.15) is 16.5 Å². The predicted molar refractivity (Wildman–Crippen MR) is 61.4 cm³/mol. The molecule has 0 aliphatic carbocycles. The third kappa shape index (κ3) is 1.93. The minimum atomic E-state index is -1.18. The molecular weight excluding hydrogens is 246 g/mol. The zero-order valence-electron chi connectivity index (χ0n) is 8.83. The van der Waals surface area contributed by atoms with Crippen LogP contribution in [0, 0.1) is 18.6 Å². The Morgan fingerprint density at radius 2 is 2.00 bits per heavy atom. The molecule has 88 valence electrons. The van der Waals surface area contributed by atoms with Gasteiger partial charge in [0.25, 0.3) is 0 Å². The average molecular weight is 254 g/mol. The molecule has 0 bridgehead atoms. The van der Waals surface area contributed by atoms with Gasteiger partial charge in [-0.1, -0.05) is 6.07 Å². The van der Waals surface area contributed by atoms with Gasteiger partial charge in [0, 0.05) is 5.56 Å². The number of carbonyl (C=O) groups is 1. The molecule has 1 aromatic heterocycles. The summed E-state index contributed by atoms with van der Waals surface area (Å²) >= 11 is 0.943. The Morgan fingerprint density at radius 3 is 2.65 bits per heavy atom. The first-order chi connectivity index (χ1) is 8.02. The van der Waals surface area contributed by atoms with Crippen molar-refractivity contribution in [2.24, 2.45) is 0 Å². The molecule has 1 aromatic carbocycles. The molecule has 0 unspecified atom stereocenters. The molecule has 0 saturated carbocycles. The normalized spacial score (nSPS) is 10.5. The van der Waals surface area contributed by atoms with Gasteiger partial charge in [-0.3, -0.25) is 0 Å². The van der Waals surface area contributed by atoms with Crippen molar-refractivity contribution in [2.75, 3.05) is 0 Å². The van der Waals surface area contributed by atoms with Gasteiger partial charge in [-0.2, -0.15) is 0 Å². The second kappa shape index (κ2) is 4.25. The van der Waals surface area contributed by atoms with E-state index in [9.17, 15) is 13.6 Å². The molecule has 0 amide bonds. The van der Waals surface area contributed by atoms with E-state index in [2.05, 4.69) is 0 Å². The molecule has 0 fully saturated rings. The number of aryl methyl sites for hydroxylation is 1. The molecule has 0 spiro atoms. The Kier molecular flexibility index (Phi) is 2.93. The van der Waals surface area contributed by atoms with Crippen molar-refractivity contribution in [1.29, 1.82) is 0 Å². The van der Waals surface area contributed by atoms with Crippen molar-refractivity contribution in [3.8, 4) is 11.1 Å². The molecule has 0 radical (unpaired) electrons. The number of aromatic carboxylic acids is 1. The largest absolute Gasteiger partial charge is 0.477 e. The van der Waals surface area contributed by atoms with E-state index in [-0.39, 0.29) is 21.6 Å². The zero-order valence-corrected chi connectivity index (χ0v) is 9.65. The minimum Gasteiger partial charge on any atom is -0.477 e. The van der Waals surface area contributed by atoms with E-state index >= 15 is 0 Å². The summed E-state index contributed by atoms with van der Waals surface area (Å²) in [6.45, 7) is 1.51. The first-order valence-corrected chi connectivity index (χ1v) is 5.66. The van der Waals surface area contributed by atoms with Crippen molar-refractivity contribution in [1.82, 2.24) is 0 Å². The maximum Gasteiger partial charge on any atom is 0.346 e. The topological polar surface area (TPSA) is 37.3 Å². The van der Waals surface area contributed by atoms with Crippen LogP contribution in [0.2, 0.25) is 0 Å². The van der Waals surface area contributed by atoms with Crippen LogP contribution in [0.3, 0.4) is 0 Å². The summed E-state index contributed by atoms with van der Waals surface area (Å²) in [7, 11) is 0. The second-order valence-electron chi connectivity index (χ2n) is 3.52. The van der Waals surface area contributed by atoms with E-state index in [1.807, 2.05) is 0 Å². The van der Waals surface area contributed by atoms with Crippen molar-refractivity contribution < 1.29 is 18.7 Å². The third-order valence-electron chi connectivity index (χ3n) is 2.41. The van der Waals surface area contributed by atoms with Crippen LogP contribution in [-0.4, -0.2) is 11.1 Å². The van der Waals surface area contributed by atoms with Gasteiger partial charge in [-0.25, -0.2) is 13.6 Å². The highest BCUT2D eigenvalue weighted by molar-refractivity contribution is 7.12. The summed E-state index contributed by atoms with van der Waals surface area (Å²) in [5, 5.41) is 10.4. The fraction of sp³-hybridized carbons (Fsp3) is 0.0833. The Hall–Kier alpha value is -1.75. The van der Waals surface area contributed by atoms with Crippen molar-refractivity contribution in [3.05, 3.63) is 45.7 Å². The number of rotatable bonds is 2. The predicted octanol–water partition coefficient (Wildman–Crippen LogP) is 3.70. The molecule has 0 aliphatic rings. The number of hydrogen-bond donors (Lipinski definition) is 1. The van der Waals surface area contributed by atoms with Crippen molar-refractivity contribution >= 4 is 17.3 Å².